The molecule has 0 aromatic carbocycles. The third-order valence-corrected chi connectivity index (χ3v) is 11.3. The molecule has 0 aromatic heterocycles. The van der Waals surface area contributed by atoms with Crippen LogP contribution in [0.2, 0.25) is 0 Å². The number of ether oxygens (including phenoxy) is 1. The van der Waals surface area contributed by atoms with Crippen molar-refractivity contribution in [1.82, 2.24) is 0 Å². The van der Waals surface area contributed by atoms with Gasteiger partial charge in [0, 0.05) is 19.3 Å². The van der Waals surface area contributed by atoms with Gasteiger partial charge in [0.25, 0.3) is 5.92 Å². The number of aliphatic hydroxyl groups is 1. The maximum Gasteiger partial charge on any atom is 0.303 e. The van der Waals surface area contributed by atoms with Crippen LogP contribution in [-0.4, -0.2) is 40.3 Å². The second kappa shape index (κ2) is 9.25. The molecule has 0 aromatic rings. The van der Waals surface area contributed by atoms with Gasteiger partial charge in [0.05, 0.1) is 6.10 Å². The normalized spacial score (nSPS) is 47.2. The Hall–Kier alpha value is -1.24. The molecule has 0 heterocycles. The van der Waals surface area contributed by atoms with E-state index >= 15 is 8.78 Å². The highest BCUT2D eigenvalue weighted by Crippen LogP contribution is 2.71. The van der Waals surface area contributed by atoms with Crippen LogP contribution in [0.15, 0.2) is 0 Å². The molecule has 0 amide bonds. The number of carbonyl (C=O) groups excluding carboxylic acids is 1. The summed E-state index contributed by atoms with van der Waals surface area (Å²) < 4.78 is 37.1. The number of alkyl halides is 2. The van der Waals surface area contributed by atoms with E-state index in [0.29, 0.717) is 25.2 Å². The van der Waals surface area contributed by atoms with Crippen molar-refractivity contribution in [3.05, 3.63) is 0 Å². The van der Waals surface area contributed by atoms with Gasteiger partial charge in [-0.15, -0.1) is 0 Å². The molecule has 200 valence electrons. The van der Waals surface area contributed by atoms with Gasteiger partial charge in [0.1, 0.15) is 0 Å². The zero-order chi connectivity index (χ0) is 25.9. The fourth-order valence-corrected chi connectivity index (χ4v) is 9.89. The van der Waals surface area contributed by atoms with Crippen molar-refractivity contribution in [2.45, 2.75) is 111 Å². The van der Waals surface area contributed by atoms with Crippen molar-refractivity contribution >= 4 is 11.9 Å². The molecule has 0 saturated heterocycles. The number of hydrogen-bond acceptors (Lipinski definition) is 4. The number of carboxylic acids is 1. The van der Waals surface area contributed by atoms with Crippen LogP contribution in [0.3, 0.4) is 0 Å². The minimum Gasteiger partial charge on any atom is -0.481 e. The highest BCUT2D eigenvalue weighted by Gasteiger charge is 2.71. The zero-order valence-corrected chi connectivity index (χ0v) is 21.9. The number of carbonyl (C=O) groups is 2. The number of esters is 1. The molecule has 4 rings (SSSR count). The smallest absolute Gasteiger partial charge is 0.303 e. The largest absolute Gasteiger partial charge is 0.481 e. The summed E-state index contributed by atoms with van der Waals surface area (Å²) >= 11 is 0. The Balaban J connectivity index is 1.66. The van der Waals surface area contributed by atoms with Crippen LogP contribution in [0.25, 0.3) is 0 Å². The third kappa shape index (κ3) is 4.12. The molecular weight excluding hydrogens is 454 g/mol. The van der Waals surface area contributed by atoms with Gasteiger partial charge in [0.2, 0.25) is 0 Å². The van der Waals surface area contributed by atoms with E-state index in [4.69, 9.17) is 4.74 Å². The summed E-state index contributed by atoms with van der Waals surface area (Å²) in [6.45, 7) is 9.58. The second-order valence-electron chi connectivity index (χ2n) is 12.8. The first-order valence-corrected chi connectivity index (χ1v) is 13.7. The van der Waals surface area contributed by atoms with Gasteiger partial charge in [-0.1, -0.05) is 34.1 Å². The Morgan fingerprint density at radius 3 is 2.29 bits per heavy atom. The zero-order valence-electron chi connectivity index (χ0n) is 21.9. The monoisotopic (exact) mass is 498 g/mol. The van der Waals surface area contributed by atoms with E-state index < -0.39 is 47.3 Å². The van der Waals surface area contributed by atoms with Crippen LogP contribution >= 0.6 is 0 Å². The van der Waals surface area contributed by atoms with Gasteiger partial charge in [-0.3, -0.25) is 9.59 Å². The van der Waals surface area contributed by atoms with Gasteiger partial charge in [-0.05, 0) is 91.3 Å². The molecule has 35 heavy (non-hydrogen) atoms. The first-order chi connectivity index (χ1) is 16.3. The fraction of sp³-hybridized carbons (Fsp3) is 0.929. The molecule has 0 spiro atoms. The summed E-state index contributed by atoms with van der Waals surface area (Å²) in [4.78, 5) is 22.7. The number of fused-ring (bicyclic) bond motifs is 5. The average molecular weight is 499 g/mol. The Bertz CT molecular complexity index is 832. The van der Waals surface area contributed by atoms with E-state index in [9.17, 15) is 19.8 Å². The fourth-order valence-electron chi connectivity index (χ4n) is 9.89. The third-order valence-electron chi connectivity index (χ3n) is 11.3. The van der Waals surface area contributed by atoms with Gasteiger partial charge in [0.15, 0.2) is 6.10 Å². The van der Waals surface area contributed by atoms with E-state index in [1.807, 2.05) is 13.8 Å². The number of carboxylic acid groups (broad SMARTS) is 1. The number of halogens is 2. The molecule has 7 heteroatoms. The van der Waals surface area contributed by atoms with Gasteiger partial charge in [-0.25, -0.2) is 8.78 Å². The first kappa shape index (κ1) is 26.8. The quantitative estimate of drug-likeness (QED) is 0.444. The molecule has 4 fully saturated rings. The van der Waals surface area contributed by atoms with Crippen LogP contribution in [0.4, 0.5) is 8.78 Å². The summed E-state index contributed by atoms with van der Waals surface area (Å²) in [5.74, 6) is -5.22. The van der Waals surface area contributed by atoms with Crippen LogP contribution in [0.1, 0.15) is 92.4 Å². The lowest BCUT2D eigenvalue weighted by atomic mass is 9.40. The number of aliphatic hydroxyl groups excluding tert-OH is 1. The summed E-state index contributed by atoms with van der Waals surface area (Å²) in [6.07, 6.45) is 3.54. The standard InChI is InChI=1S/C28H44F2O5/c1-6-17-24(34)23-19-9-8-18(15(2)7-10-22(32)33)26(19,4)13-11-20(23)27(5)14-12-21(35-16(3)31)28(29,30)25(17)27/h15,17-21,23-25,34H,6-14H2,1-5H3,(H,32,33)/t15?,17-,18+,19-,20-,21+,23-,24+,25-,26+,27+/m0/s1. The van der Waals surface area contributed by atoms with Crippen molar-refractivity contribution in [2.75, 3.05) is 0 Å². The molecule has 11 atom stereocenters. The van der Waals surface area contributed by atoms with Crippen molar-refractivity contribution in [2.24, 2.45) is 52.3 Å². The van der Waals surface area contributed by atoms with Crippen molar-refractivity contribution in [1.29, 1.82) is 0 Å². The lowest BCUT2D eigenvalue weighted by Gasteiger charge is -2.66. The lowest BCUT2D eigenvalue weighted by molar-refractivity contribution is -0.289. The molecule has 0 bridgehead atoms. The van der Waals surface area contributed by atoms with E-state index in [0.717, 1.165) is 25.7 Å². The molecule has 5 nitrogen and oxygen atoms in total. The number of rotatable bonds is 6. The van der Waals surface area contributed by atoms with Crippen LogP contribution < -0.4 is 0 Å². The van der Waals surface area contributed by atoms with E-state index in [1.54, 1.807) is 0 Å². The lowest BCUT2D eigenvalue weighted by Crippen LogP contribution is -2.68. The molecule has 0 radical (unpaired) electrons. The van der Waals surface area contributed by atoms with Gasteiger partial charge < -0.3 is 14.9 Å². The molecular formula is C28H44F2O5. The van der Waals surface area contributed by atoms with E-state index in [2.05, 4.69) is 13.8 Å². The molecule has 2 N–H and O–H groups in total. The van der Waals surface area contributed by atoms with Crippen molar-refractivity contribution in [3.8, 4) is 0 Å². The van der Waals surface area contributed by atoms with Gasteiger partial charge in [-0.2, -0.15) is 0 Å². The average Bonchev–Trinajstić information content (AvgIpc) is 3.12. The predicted molar refractivity (Wildman–Crippen MR) is 128 cm³/mol. The minimum absolute atomic E-state index is 0.000977. The van der Waals surface area contributed by atoms with E-state index in [-0.39, 0.29) is 41.9 Å². The Labute approximate surface area is 208 Å². The maximum absolute atomic E-state index is 16.0. The van der Waals surface area contributed by atoms with Crippen LogP contribution in [0.5, 0.6) is 0 Å². The summed E-state index contributed by atoms with van der Waals surface area (Å²) in [5.41, 5.74) is -0.613. The van der Waals surface area contributed by atoms with Gasteiger partial charge >= 0.3 is 11.9 Å². The Kier molecular flexibility index (Phi) is 7.09. The van der Waals surface area contributed by atoms with Crippen molar-refractivity contribution in [3.63, 3.8) is 0 Å². The number of hydrogen-bond donors (Lipinski definition) is 2. The summed E-state index contributed by atoms with van der Waals surface area (Å²) in [6, 6.07) is 0. The maximum atomic E-state index is 16.0. The minimum atomic E-state index is -3.17. The van der Waals surface area contributed by atoms with Crippen molar-refractivity contribution < 1.29 is 33.3 Å². The SMILES string of the molecule is CC[C@H]1[C@@H](O)[C@@H]2[C@H](CC[C@]3(C)[C@@H](C(C)CCC(=O)O)CC[C@@H]23)[C@@]2(C)CC[C@@H](OC(C)=O)C(F)(F)[C@@H]12. The topological polar surface area (TPSA) is 83.8 Å². The molecule has 4 aliphatic carbocycles. The highest BCUT2D eigenvalue weighted by molar-refractivity contribution is 5.66. The van der Waals surface area contributed by atoms with Crippen LogP contribution in [-0.2, 0) is 14.3 Å². The first-order valence-electron chi connectivity index (χ1n) is 13.7. The van der Waals surface area contributed by atoms with E-state index in [1.165, 1.54) is 6.92 Å². The molecule has 4 aliphatic rings. The molecule has 0 aliphatic heterocycles. The van der Waals surface area contributed by atoms with Crippen LogP contribution in [0, 0.1) is 52.3 Å². The molecule has 1 unspecified atom stereocenters. The summed E-state index contributed by atoms with van der Waals surface area (Å²) in [5, 5.41) is 20.9. The molecule has 4 saturated carbocycles. The highest BCUT2D eigenvalue weighted by atomic mass is 19.3. The number of aliphatic carboxylic acids is 1. The Morgan fingerprint density at radius 2 is 1.69 bits per heavy atom. The predicted octanol–water partition coefficient (Wildman–Crippen LogP) is 5.93. The second-order valence-corrected chi connectivity index (χ2v) is 12.8. The Morgan fingerprint density at radius 1 is 1.06 bits per heavy atom. The summed E-state index contributed by atoms with van der Waals surface area (Å²) in [7, 11) is 0.